The van der Waals surface area contributed by atoms with E-state index >= 15 is 0 Å². The lowest BCUT2D eigenvalue weighted by Crippen LogP contribution is -2.49. The van der Waals surface area contributed by atoms with Crippen LogP contribution in [0.1, 0.15) is 12.8 Å². The molecule has 174 valence electrons. The van der Waals surface area contributed by atoms with Crippen molar-refractivity contribution in [3.05, 3.63) is 54.3 Å². The maximum Gasteiger partial charge on any atom is 0.313 e. The second-order valence-electron chi connectivity index (χ2n) is 8.21. The number of nitrogens with zero attached hydrogens (tertiary/aromatic N) is 3. The molecule has 8 nitrogen and oxygen atoms in total. The van der Waals surface area contributed by atoms with E-state index in [-0.39, 0.29) is 11.7 Å². The van der Waals surface area contributed by atoms with Gasteiger partial charge in [-0.25, -0.2) is 4.39 Å². The van der Waals surface area contributed by atoms with Gasteiger partial charge >= 0.3 is 11.8 Å². The maximum absolute atomic E-state index is 13.1. The molecule has 33 heavy (non-hydrogen) atoms. The zero-order valence-corrected chi connectivity index (χ0v) is 18.4. The van der Waals surface area contributed by atoms with E-state index < -0.39 is 11.8 Å². The van der Waals surface area contributed by atoms with Crippen molar-refractivity contribution < 1.29 is 18.8 Å². The van der Waals surface area contributed by atoms with Gasteiger partial charge in [0.05, 0.1) is 0 Å². The second-order valence-corrected chi connectivity index (χ2v) is 8.21. The van der Waals surface area contributed by atoms with Gasteiger partial charge in [0, 0.05) is 69.3 Å². The number of benzene rings is 2. The Hall–Kier alpha value is -3.46. The van der Waals surface area contributed by atoms with Crippen LogP contribution in [0.2, 0.25) is 0 Å². The predicted octanol–water partition coefficient (Wildman–Crippen LogP) is 1.83. The Morgan fingerprint density at radius 1 is 0.909 bits per heavy atom. The molecule has 2 aliphatic rings. The Morgan fingerprint density at radius 2 is 1.67 bits per heavy atom. The molecule has 4 rings (SSSR count). The summed E-state index contributed by atoms with van der Waals surface area (Å²) in [5.41, 5.74) is 2.19. The summed E-state index contributed by atoms with van der Waals surface area (Å²) in [6.45, 7) is 4.94. The lowest BCUT2D eigenvalue weighted by molar-refractivity contribution is -0.136. The van der Waals surface area contributed by atoms with Gasteiger partial charge in [0.2, 0.25) is 5.91 Å². The van der Waals surface area contributed by atoms with Crippen molar-refractivity contribution in [1.29, 1.82) is 0 Å². The van der Waals surface area contributed by atoms with E-state index in [9.17, 15) is 18.8 Å². The topological polar surface area (TPSA) is 85.0 Å². The molecule has 2 N–H and O–H groups in total. The van der Waals surface area contributed by atoms with Crippen LogP contribution in [0, 0.1) is 5.82 Å². The molecule has 0 radical (unpaired) electrons. The Labute approximate surface area is 192 Å². The Balaban J connectivity index is 1.18. The SMILES string of the molecule is O=C(NCCN1CCN(c2ccc(F)cc2)CC1)C(=O)Nc1cccc(N2CCCC2=O)c1. The van der Waals surface area contributed by atoms with E-state index in [1.165, 1.54) is 12.1 Å². The van der Waals surface area contributed by atoms with Crippen LogP contribution >= 0.6 is 0 Å². The number of amides is 3. The lowest BCUT2D eigenvalue weighted by Gasteiger charge is -2.36. The molecule has 0 aliphatic carbocycles. The summed E-state index contributed by atoms with van der Waals surface area (Å²) >= 11 is 0. The van der Waals surface area contributed by atoms with Gasteiger partial charge in [0.15, 0.2) is 0 Å². The third kappa shape index (κ3) is 5.87. The quantitative estimate of drug-likeness (QED) is 0.652. The van der Waals surface area contributed by atoms with E-state index in [4.69, 9.17) is 0 Å². The third-order valence-electron chi connectivity index (χ3n) is 5.97. The summed E-state index contributed by atoms with van der Waals surface area (Å²) in [5.74, 6) is -1.61. The molecule has 0 bridgehead atoms. The fourth-order valence-corrected chi connectivity index (χ4v) is 4.15. The maximum atomic E-state index is 13.1. The van der Waals surface area contributed by atoms with Crippen molar-refractivity contribution >= 4 is 34.8 Å². The summed E-state index contributed by atoms with van der Waals surface area (Å²) in [7, 11) is 0. The Morgan fingerprint density at radius 3 is 2.36 bits per heavy atom. The lowest BCUT2D eigenvalue weighted by atomic mass is 10.2. The van der Waals surface area contributed by atoms with Crippen molar-refractivity contribution in [2.75, 3.05) is 60.9 Å². The number of hydrogen-bond donors (Lipinski definition) is 2. The molecule has 2 saturated heterocycles. The highest BCUT2D eigenvalue weighted by molar-refractivity contribution is 6.39. The molecule has 2 aromatic rings. The average Bonchev–Trinajstić information content (AvgIpc) is 3.26. The Kier molecular flexibility index (Phi) is 7.19. The van der Waals surface area contributed by atoms with Gasteiger partial charge in [0.25, 0.3) is 0 Å². The van der Waals surface area contributed by atoms with E-state index in [2.05, 4.69) is 20.4 Å². The smallest absolute Gasteiger partial charge is 0.313 e. The molecule has 0 atom stereocenters. The number of hydrogen-bond acceptors (Lipinski definition) is 5. The fraction of sp³-hybridized carbons (Fsp3) is 0.375. The van der Waals surface area contributed by atoms with Crippen LogP contribution in [0.5, 0.6) is 0 Å². The fourth-order valence-electron chi connectivity index (χ4n) is 4.15. The molecule has 2 heterocycles. The van der Waals surface area contributed by atoms with Crippen molar-refractivity contribution in [2.45, 2.75) is 12.8 Å². The van der Waals surface area contributed by atoms with Crippen LogP contribution in [0.15, 0.2) is 48.5 Å². The van der Waals surface area contributed by atoms with Gasteiger partial charge in [-0.1, -0.05) is 6.07 Å². The van der Waals surface area contributed by atoms with Gasteiger partial charge < -0.3 is 20.4 Å². The molecule has 3 amide bonds. The van der Waals surface area contributed by atoms with Crippen molar-refractivity contribution in [3.63, 3.8) is 0 Å². The molecule has 0 unspecified atom stereocenters. The largest absolute Gasteiger partial charge is 0.369 e. The highest BCUT2D eigenvalue weighted by Gasteiger charge is 2.22. The molecule has 0 aromatic heterocycles. The third-order valence-corrected chi connectivity index (χ3v) is 5.97. The van der Waals surface area contributed by atoms with Crippen molar-refractivity contribution in [3.8, 4) is 0 Å². The minimum absolute atomic E-state index is 0.0646. The molecular weight excluding hydrogens is 425 g/mol. The molecule has 0 saturated carbocycles. The van der Waals surface area contributed by atoms with Gasteiger partial charge in [-0.2, -0.15) is 0 Å². The van der Waals surface area contributed by atoms with Crippen LogP contribution in [-0.2, 0) is 14.4 Å². The van der Waals surface area contributed by atoms with E-state index in [0.717, 1.165) is 44.0 Å². The van der Waals surface area contributed by atoms with Crippen LogP contribution in [0.4, 0.5) is 21.5 Å². The summed E-state index contributed by atoms with van der Waals surface area (Å²) in [5, 5.41) is 5.26. The molecule has 0 spiro atoms. The van der Waals surface area contributed by atoms with Crippen molar-refractivity contribution in [1.82, 2.24) is 10.2 Å². The molecule has 2 fully saturated rings. The first-order chi connectivity index (χ1) is 16.0. The van der Waals surface area contributed by atoms with Crippen LogP contribution < -0.4 is 20.4 Å². The first-order valence-electron chi connectivity index (χ1n) is 11.2. The number of rotatable bonds is 6. The zero-order valence-electron chi connectivity index (χ0n) is 18.4. The predicted molar refractivity (Wildman–Crippen MR) is 125 cm³/mol. The number of nitrogens with one attached hydrogen (secondary N) is 2. The Bertz CT molecular complexity index is 1010. The van der Waals surface area contributed by atoms with Gasteiger partial charge in [-0.3, -0.25) is 19.3 Å². The zero-order chi connectivity index (χ0) is 23.2. The van der Waals surface area contributed by atoms with Gasteiger partial charge in [0.1, 0.15) is 5.82 Å². The highest BCUT2D eigenvalue weighted by Crippen LogP contribution is 2.24. The summed E-state index contributed by atoms with van der Waals surface area (Å²) in [6, 6.07) is 13.4. The van der Waals surface area contributed by atoms with Crippen molar-refractivity contribution in [2.24, 2.45) is 0 Å². The van der Waals surface area contributed by atoms with Crippen LogP contribution in [-0.4, -0.2) is 68.4 Å². The number of anilines is 3. The van der Waals surface area contributed by atoms with Gasteiger partial charge in [-0.05, 0) is 48.9 Å². The van der Waals surface area contributed by atoms with E-state index in [1.807, 2.05) is 6.07 Å². The number of carbonyl (C=O) groups excluding carboxylic acids is 3. The summed E-state index contributed by atoms with van der Waals surface area (Å²) in [4.78, 5) is 42.5. The summed E-state index contributed by atoms with van der Waals surface area (Å²) < 4.78 is 13.1. The number of piperazine rings is 1. The van der Waals surface area contributed by atoms with Crippen LogP contribution in [0.25, 0.3) is 0 Å². The number of halogens is 1. The molecule has 2 aromatic carbocycles. The molecule has 9 heteroatoms. The average molecular weight is 454 g/mol. The summed E-state index contributed by atoms with van der Waals surface area (Å²) in [6.07, 6.45) is 1.35. The monoisotopic (exact) mass is 453 g/mol. The van der Waals surface area contributed by atoms with E-state index in [1.54, 1.807) is 35.2 Å². The normalized spacial score (nSPS) is 16.7. The molecule has 2 aliphatic heterocycles. The minimum atomic E-state index is -0.735. The van der Waals surface area contributed by atoms with Crippen LogP contribution in [0.3, 0.4) is 0 Å². The first kappa shape index (κ1) is 22.7. The minimum Gasteiger partial charge on any atom is -0.369 e. The highest BCUT2D eigenvalue weighted by atomic mass is 19.1. The number of carbonyl (C=O) groups is 3. The van der Waals surface area contributed by atoms with Gasteiger partial charge in [-0.15, -0.1) is 0 Å². The molecular formula is C24H28FN5O3. The standard InChI is InChI=1S/C24H28FN5O3/c25-18-6-8-20(9-7-18)29-15-13-28(14-16-29)12-10-26-23(32)24(33)27-19-3-1-4-21(17-19)30-11-2-5-22(30)31/h1,3-4,6-9,17H,2,5,10-16H2,(H,26,32)(H,27,33). The second kappa shape index (κ2) is 10.4. The van der Waals surface area contributed by atoms with E-state index in [0.29, 0.717) is 31.7 Å². The first-order valence-corrected chi connectivity index (χ1v) is 11.2.